The Labute approximate surface area is 182 Å². The van der Waals surface area contributed by atoms with Gasteiger partial charge in [0.1, 0.15) is 0 Å². The van der Waals surface area contributed by atoms with Gasteiger partial charge >= 0.3 is 6.03 Å². The number of piperazine rings is 1. The number of hydrogen-bond donors (Lipinski definition) is 2. The molecule has 0 aromatic heterocycles. The van der Waals surface area contributed by atoms with E-state index < -0.39 is 0 Å². The van der Waals surface area contributed by atoms with Crippen molar-refractivity contribution in [3.63, 3.8) is 0 Å². The standard InChI is InChI=1S/C23H39ClN4O/c1-3-5-6-7-13-25-23(29)26-14-8-15-27-16-18-28(19-17-27)22(4-2)20-9-11-21(24)12-10-20/h9-12,22H,3-8,13-19H2,1-2H3,(H2,25,26,29). The average Bonchev–Trinajstić information content (AvgIpc) is 2.74. The van der Waals surface area contributed by atoms with Crippen LogP contribution in [0.3, 0.4) is 0 Å². The molecule has 1 aliphatic heterocycles. The van der Waals surface area contributed by atoms with Gasteiger partial charge in [-0.2, -0.15) is 0 Å². The number of rotatable bonds is 12. The predicted octanol–water partition coefficient (Wildman–Crippen LogP) is 4.68. The fourth-order valence-electron chi connectivity index (χ4n) is 4.01. The molecule has 1 aromatic rings. The summed E-state index contributed by atoms with van der Waals surface area (Å²) in [5.74, 6) is 0. The Kier molecular flexibility index (Phi) is 11.4. The van der Waals surface area contributed by atoms with Gasteiger partial charge < -0.3 is 15.5 Å². The maximum Gasteiger partial charge on any atom is 0.314 e. The van der Waals surface area contributed by atoms with Crippen molar-refractivity contribution in [2.75, 3.05) is 45.8 Å². The molecule has 1 saturated heterocycles. The van der Waals surface area contributed by atoms with Gasteiger partial charge in [0, 0.05) is 50.3 Å². The molecule has 1 fully saturated rings. The first-order chi connectivity index (χ1) is 14.1. The van der Waals surface area contributed by atoms with Crippen LogP contribution in [0.15, 0.2) is 24.3 Å². The number of nitrogens with zero attached hydrogens (tertiary/aromatic N) is 2. The number of carbonyl (C=O) groups excluding carboxylic acids is 1. The van der Waals surface area contributed by atoms with Crippen LogP contribution in [-0.2, 0) is 0 Å². The van der Waals surface area contributed by atoms with Gasteiger partial charge in [0.15, 0.2) is 0 Å². The molecule has 2 rings (SSSR count). The Bertz CT molecular complexity index is 573. The van der Waals surface area contributed by atoms with Gasteiger partial charge in [-0.15, -0.1) is 0 Å². The third kappa shape index (κ3) is 8.93. The Morgan fingerprint density at radius 3 is 2.24 bits per heavy atom. The van der Waals surface area contributed by atoms with E-state index in [1.54, 1.807) is 0 Å². The van der Waals surface area contributed by atoms with Gasteiger partial charge in [0.2, 0.25) is 0 Å². The summed E-state index contributed by atoms with van der Waals surface area (Å²) in [6.45, 7) is 11.4. The number of urea groups is 1. The Morgan fingerprint density at radius 2 is 1.62 bits per heavy atom. The predicted molar refractivity (Wildman–Crippen MR) is 123 cm³/mol. The summed E-state index contributed by atoms with van der Waals surface area (Å²) in [6.07, 6.45) is 6.84. The number of unbranched alkanes of at least 4 members (excludes halogenated alkanes) is 3. The SMILES string of the molecule is CCCCCCNC(=O)NCCCN1CCN(C(CC)c2ccc(Cl)cc2)CC1. The second-order valence-electron chi connectivity index (χ2n) is 7.95. The number of benzene rings is 1. The van der Waals surface area contributed by atoms with Crippen LogP contribution in [0.25, 0.3) is 0 Å². The van der Waals surface area contributed by atoms with Crippen LogP contribution < -0.4 is 10.6 Å². The Hall–Kier alpha value is -1.30. The molecule has 29 heavy (non-hydrogen) atoms. The van der Waals surface area contributed by atoms with Crippen molar-refractivity contribution in [3.8, 4) is 0 Å². The van der Waals surface area contributed by atoms with Crippen LogP contribution in [0.1, 0.15) is 64.0 Å². The summed E-state index contributed by atoms with van der Waals surface area (Å²) in [5, 5.41) is 6.72. The molecular weight excluding hydrogens is 384 g/mol. The molecular formula is C23H39ClN4O. The number of halogens is 1. The smallest absolute Gasteiger partial charge is 0.314 e. The van der Waals surface area contributed by atoms with Gasteiger partial charge in [-0.25, -0.2) is 4.79 Å². The first-order valence-electron chi connectivity index (χ1n) is 11.4. The highest BCUT2D eigenvalue weighted by molar-refractivity contribution is 6.30. The third-order valence-electron chi connectivity index (χ3n) is 5.74. The number of carbonyl (C=O) groups is 1. The highest BCUT2D eigenvalue weighted by Crippen LogP contribution is 2.26. The zero-order chi connectivity index (χ0) is 20.9. The minimum absolute atomic E-state index is 0.0277. The van der Waals surface area contributed by atoms with Crippen molar-refractivity contribution in [1.82, 2.24) is 20.4 Å². The minimum Gasteiger partial charge on any atom is -0.338 e. The zero-order valence-electron chi connectivity index (χ0n) is 18.3. The summed E-state index contributed by atoms with van der Waals surface area (Å²) in [7, 11) is 0. The van der Waals surface area contributed by atoms with Crippen molar-refractivity contribution < 1.29 is 4.79 Å². The molecule has 1 heterocycles. The maximum absolute atomic E-state index is 11.8. The van der Waals surface area contributed by atoms with Crippen molar-refractivity contribution in [1.29, 1.82) is 0 Å². The second-order valence-corrected chi connectivity index (χ2v) is 8.39. The topological polar surface area (TPSA) is 47.6 Å². The molecule has 164 valence electrons. The highest BCUT2D eigenvalue weighted by atomic mass is 35.5. The molecule has 5 nitrogen and oxygen atoms in total. The molecule has 2 amide bonds. The Morgan fingerprint density at radius 1 is 0.966 bits per heavy atom. The van der Waals surface area contributed by atoms with E-state index in [1.807, 2.05) is 12.1 Å². The lowest BCUT2D eigenvalue weighted by Gasteiger charge is -2.39. The van der Waals surface area contributed by atoms with Crippen molar-refractivity contribution in [2.24, 2.45) is 0 Å². The van der Waals surface area contributed by atoms with Crippen LogP contribution >= 0.6 is 11.6 Å². The van der Waals surface area contributed by atoms with Crippen molar-refractivity contribution in [2.45, 2.75) is 58.4 Å². The summed E-state index contributed by atoms with van der Waals surface area (Å²) in [6, 6.07) is 8.73. The van der Waals surface area contributed by atoms with E-state index in [2.05, 4.69) is 46.4 Å². The van der Waals surface area contributed by atoms with E-state index in [4.69, 9.17) is 11.6 Å². The van der Waals surface area contributed by atoms with E-state index in [0.29, 0.717) is 6.04 Å². The normalized spacial score (nSPS) is 16.5. The molecule has 1 unspecified atom stereocenters. The average molecular weight is 423 g/mol. The van der Waals surface area contributed by atoms with Gasteiger partial charge in [0.25, 0.3) is 0 Å². The lowest BCUT2D eigenvalue weighted by molar-refractivity contribution is 0.0932. The minimum atomic E-state index is -0.0277. The zero-order valence-corrected chi connectivity index (χ0v) is 19.0. The Balaban J connectivity index is 1.58. The van der Waals surface area contributed by atoms with Crippen LogP contribution in [-0.4, -0.2) is 61.6 Å². The summed E-state index contributed by atoms with van der Waals surface area (Å²) in [4.78, 5) is 16.9. The molecule has 0 radical (unpaired) electrons. The van der Waals surface area contributed by atoms with Crippen LogP contribution in [0.5, 0.6) is 0 Å². The van der Waals surface area contributed by atoms with Crippen molar-refractivity contribution in [3.05, 3.63) is 34.9 Å². The second kappa shape index (κ2) is 13.8. The fourth-order valence-corrected chi connectivity index (χ4v) is 4.14. The van der Waals surface area contributed by atoms with E-state index in [0.717, 1.165) is 70.1 Å². The van der Waals surface area contributed by atoms with Gasteiger partial charge in [-0.05, 0) is 43.5 Å². The van der Waals surface area contributed by atoms with Crippen LogP contribution in [0.2, 0.25) is 5.02 Å². The van der Waals surface area contributed by atoms with Crippen LogP contribution in [0.4, 0.5) is 4.79 Å². The summed E-state index contributed by atoms with van der Waals surface area (Å²) >= 11 is 6.04. The van der Waals surface area contributed by atoms with E-state index in [-0.39, 0.29) is 6.03 Å². The first-order valence-corrected chi connectivity index (χ1v) is 11.8. The lowest BCUT2D eigenvalue weighted by atomic mass is 10.0. The summed E-state index contributed by atoms with van der Waals surface area (Å²) in [5.41, 5.74) is 1.36. The lowest BCUT2D eigenvalue weighted by Crippen LogP contribution is -2.48. The van der Waals surface area contributed by atoms with Gasteiger partial charge in [-0.3, -0.25) is 4.90 Å². The molecule has 0 saturated carbocycles. The van der Waals surface area contributed by atoms with E-state index in [9.17, 15) is 4.79 Å². The molecule has 1 aliphatic rings. The summed E-state index contributed by atoms with van der Waals surface area (Å²) < 4.78 is 0. The third-order valence-corrected chi connectivity index (χ3v) is 5.99. The molecule has 1 aromatic carbocycles. The van der Waals surface area contributed by atoms with E-state index >= 15 is 0 Å². The molecule has 0 bridgehead atoms. The van der Waals surface area contributed by atoms with E-state index in [1.165, 1.54) is 24.8 Å². The quantitative estimate of drug-likeness (QED) is 0.481. The largest absolute Gasteiger partial charge is 0.338 e. The van der Waals surface area contributed by atoms with Gasteiger partial charge in [0.05, 0.1) is 0 Å². The first kappa shape index (κ1) is 24.0. The maximum atomic E-state index is 11.8. The van der Waals surface area contributed by atoms with Crippen molar-refractivity contribution >= 4 is 17.6 Å². The molecule has 0 aliphatic carbocycles. The molecule has 1 atom stereocenters. The highest BCUT2D eigenvalue weighted by Gasteiger charge is 2.23. The number of hydrogen-bond acceptors (Lipinski definition) is 3. The fraction of sp³-hybridized carbons (Fsp3) is 0.696. The number of nitrogens with one attached hydrogen (secondary N) is 2. The van der Waals surface area contributed by atoms with Gasteiger partial charge in [-0.1, -0.05) is 56.8 Å². The van der Waals surface area contributed by atoms with Crippen LogP contribution in [0, 0.1) is 0 Å². The monoisotopic (exact) mass is 422 g/mol. The number of amides is 2. The molecule has 2 N–H and O–H groups in total. The molecule has 0 spiro atoms. The molecule has 6 heteroatoms.